The van der Waals surface area contributed by atoms with Crippen LogP contribution in [0.5, 0.6) is 0 Å². The second-order valence-corrected chi connectivity index (χ2v) is 3.91. The summed E-state index contributed by atoms with van der Waals surface area (Å²) in [6.07, 6.45) is 1.54. The molecule has 6 nitrogen and oxygen atoms in total. The summed E-state index contributed by atoms with van der Waals surface area (Å²) in [6.45, 7) is 0.483. The van der Waals surface area contributed by atoms with E-state index in [4.69, 9.17) is 5.11 Å². The number of benzene rings is 1. The molecule has 2 aromatic rings. The Balaban J connectivity index is 2.63. The molecule has 0 aliphatic rings. The molecular weight excluding hydrogens is 234 g/mol. The predicted octanol–water partition coefficient (Wildman–Crippen LogP) is 1.57. The average molecular weight is 247 g/mol. The molecular formula is C12H13N3O3. The zero-order valence-electron chi connectivity index (χ0n) is 9.91. The van der Waals surface area contributed by atoms with Crippen LogP contribution >= 0.6 is 0 Å². The number of likely N-dealkylation sites (N-methyl/N-ethyl adjacent to an activating group) is 1. The molecule has 0 amide bonds. The molecule has 1 heterocycles. The van der Waals surface area contributed by atoms with Gasteiger partial charge in [0.15, 0.2) is 0 Å². The van der Waals surface area contributed by atoms with Gasteiger partial charge in [-0.15, -0.1) is 0 Å². The molecule has 1 aromatic carbocycles. The Kier molecular flexibility index (Phi) is 3.38. The number of hydrogen-bond donors (Lipinski definition) is 1. The van der Waals surface area contributed by atoms with Gasteiger partial charge >= 0.3 is 0 Å². The minimum absolute atomic E-state index is 0.00764. The van der Waals surface area contributed by atoms with Crippen molar-refractivity contribution in [2.45, 2.75) is 0 Å². The zero-order chi connectivity index (χ0) is 13.1. The number of aromatic nitrogens is 1. The SMILES string of the molecule is CN(CCO)c1ccnc2c([N+](=O)[O-])cccc12. The lowest BCUT2D eigenvalue weighted by atomic mass is 10.1. The Labute approximate surface area is 104 Å². The number of aliphatic hydroxyl groups excluding tert-OH is 1. The van der Waals surface area contributed by atoms with Gasteiger partial charge in [-0.2, -0.15) is 0 Å². The van der Waals surface area contributed by atoms with Crippen molar-refractivity contribution in [3.05, 3.63) is 40.6 Å². The van der Waals surface area contributed by atoms with E-state index in [1.165, 1.54) is 6.07 Å². The minimum Gasteiger partial charge on any atom is -0.395 e. The van der Waals surface area contributed by atoms with E-state index in [0.29, 0.717) is 17.4 Å². The summed E-state index contributed by atoms with van der Waals surface area (Å²) >= 11 is 0. The quantitative estimate of drug-likeness (QED) is 0.655. The highest BCUT2D eigenvalue weighted by Gasteiger charge is 2.15. The van der Waals surface area contributed by atoms with E-state index in [1.54, 1.807) is 24.4 Å². The first-order valence-corrected chi connectivity index (χ1v) is 5.49. The van der Waals surface area contributed by atoms with Crippen molar-refractivity contribution in [3.63, 3.8) is 0 Å². The van der Waals surface area contributed by atoms with Crippen molar-refractivity contribution in [3.8, 4) is 0 Å². The van der Waals surface area contributed by atoms with Crippen LogP contribution in [0, 0.1) is 10.1 Å². The number of nitro groups is 1. The van der Waals surface area contributed by atoms with Gasteiger partial charge in [0, 0.05) is 36.9 Å². The standard InChI is InChI=1S/C12H13N3O3/c1-14(7-8-16)10-5-6-13-12-9(10)3-2-4-11(12)15(17)18/h2-6,16H,7-8H2,1H3. The fourth-order valence-corrected chi connectivity index (χ4v) is 1.90. The summed E-state index contributed by atoms with van der Waals surface area (Å²) < 4.78 is 0. The number of fused-ring (bicyclic) bond motifs is 1. The summed E-state index contributed by atoms with van der Waals surface area (Å²) in [7, 11) is 1.82. The summed E-state index contributed by atoms with van der Waals surface area (Å²) in [6, 6.07) is 6.64. The van der Waals surface area contributed by atoms with Gasteiger partial charge in [-0.25, -0.2) is 4.98 Å². The van der Waals surface area contributed by atoms with E-state index in [-0.39, 0.29) is 12.3 Å². The third kappa shape index (κ3) is 2.10. The van der Waals surface area contributed by atoms with E-state index in [2.05, 4.69) is 4.98 Å². The van der Waals surface area contributed by atoms with Crippen LogP contribution in [-0.2, 0) is 0 Å². The largest absolute Gasteiger partial charge is 0.395 e. The molecule has 1 aromatic heterocycles. The van der Waals surface area contributed by atoms with Crippen LogP contribution in [0.3, 0.4) is 0 Å². The van der Waals surface area contributed by atoms with Crippen molar-refractivity contribution in [1.29, 1.82) is 0 Å². The van der Waals surface area contributed by atoms with Gasteiger partial charge < -0.3 is 10.0 Å². The minimum atomic E-state index is -0.439. The van der Waals surface area contributed by atoms with Crippen molar-refractivity contribution in [1.82, 2.24) is 4.98 Å². The number of pyridine rings is 1. The molecule has 0 radical (unpaired) electrons. The van der Waals surface area contributed by atoms with Crippen molar-refractivity contribution < 1.29 is 10.0 Å². The Morgan fingerprint density at radius 3 is 2.89 bits per heavy atom. The monoisotopic (exact) mass is 247 g/mol. The van der Waals surface area contributed by atoms with Crippen LogP contribution in [0.1, 0.15) is 0 Å². The van der Waals surface area contributed by atoms with Gasteiger partial charge in [0.2, 0.25) is 0 Å². The van der Waals surface area contributed by atoms with Crippen molar-refractivity contribution >= 4 is 22.3 Å². The average Bonchev–Trinajstić information content (AvgIpc) is 2.37. The highest BCUT2D eigenvalue weighted by molar-refractivity contribution is 5.96. The number of nitrogens with zero attached hydrogens (tertiary/aromatic N) is 3. The molecule has 0 saturated carbocycles. The van der Waals surface area contributed by atoms with Crippen LogP contribution in [0.2, 0.25) is 0 Å². The number of non-ortho nitro benzene ring substituents is 1. The maximum atomic E-state index is 10.9. The van der Waals surface area contributed by atoms with E-state index in [9.17, 15) is 10.1 Å². The van der Waals surface area contributed by atoms with Gasteiger partial charge in [0.05, 0.1) is 11.5 Å². The number of nitro benzene ring substituents is 1. The topological polar surface area (TPSA) is 79.5 Å². The number of aliphatic hydroxyl groups is 1. The molecule has 0 fully saturated rings. The molecule has 0 unspecified atom stereocenters. The summed E-state index contributed by atoms with van der Waals surface area (Å²) in [4.78, 5) is 16.4. The van der Waals surface area contributed by atoms with E-state index in [1.807, 2.05) is 11.9 Å². The van der Waals surface area contributed by atoms with Crippen LogP contribution in [-0.4, -0.2) is 35.2 Å². The van der Waals surface area contributed by atoms with Gasteiger partial charge in [-0.05, 0) is 6.07 Å². The molecule has 0 atom stereocenters. The van der Waals surface area contributed by atoms with Crippen LogP contribution in [0.4, 0.5) is 11.4 Å². The second kappa shape index (κ2) is 4.97. The number of para-hydroxylation sites is 1. The zero-order valence-corrected chi connectivity index (χ0v) is 9.91. The Morgan fingerprint density at radius 1 is 1.44 bits per heavy atom. The Bertz CT molecular complexity index is 586. The lowest BCUT2D eigenvalue weighted by Gasteiger charge is -2.19. The Morgan fingerprint density at radius 2 is 2.22 bits per heavy atom. The number of rotatable bonds is 4. The summed E-state index contributed by atoms with van der Waals surface area (Å²) in [5.74, 6) is 0. The van der Waals surface area contributed by atoms with Crippen molar-refractivity contribution in [2.24, 2.45) is 0 Å². The van der Waals surface area contributed by atoms with Gasteiger partial charge in [-0.1, -0.05) is 12.1 Å². The first-order chi connectivity index (χ1) is 8.65. The smallest absolute Gasteiger partial charge is 0.295 e. The molecule has 18 heavy (non-hydrogen) atoms. The first-order valence-electron chi connectivity index (χ1n) is 5.49. The maximum absolute atomic E-state index is 10.9. The molecule has 0 bridgehead atoms. The van der Waals surface area contributed by atoms with Gasteiger partial charge in [0.25, 0.3) is 5.69 Å². The van der Waals surface area contributed by atoms with E-state index < -0.39 is 4.92 Å². The molecule has 6 heteroatoms. The fraction of sp³-hybridized carbons (Fsp3) is 0.250. The molecule has 0 spiro atoms. The van der Waals surface area contributed by atoms with Crippen LogP contribution in [0.25, 0.3) is 10.9 Å². The molecule has 0 aliphatic carbocycles. The van der Waals surface area contributed by atoms with E-state index >= 15 is 0 Å². The normalized spacial score (nSPS) is 10.6. The molecule has 0 aliphatic heterocycles. The summed E-state index contributed by atoms with van der Waals surface area (Å²) in [5.41, 5.74) is 1.18. The number of anilines is 1. The molecule has 2 rings (SSSR count). The fourth-order valence-electron chi connectivity index (χ4n) is 1.90. The molecule has 0 saturated heterocycles. The number of hydrogen-bond acceptors (Lipinski definition) is 5. The highest BCUT2D eigenvalue weighted by atomic mass is 16.6. The third-order valence-corrected chi connectivity index (χ3v) is 2.77. The van der Waals surface area contributed by atoms with Crippen molar-refractivity contribution in [2.75, 3.05) is 25.1 Å². The Hall–Kier alpha value is -2.21. The lowest BCUT2D eigenvalue weighted by molar-refractivity contribution is -0.383. The lowest BCUT2D eigenvalue weighted by Crippen LogP contribution is -2.21. The highest BCUT2D eigenvalue weighted by Crippen LogP contribution is 2.30. The predicted molar refractivity (Wildman–Crippen MR) is 68.8 cm³/mol. The second-order valence-electron chi connectivity index (χ2n) is 3.91. The summed E-state index contributed by atoms with van der Waals surface area (Å²) in [5, 5.41) is 20.6. The third-order valence-electron chi connectivity index (χ3n) is 2.77. The van der Waals surface area contributed by atoms with Crippen LogP contribution < -0.4 is 4.90 Å². The molecule has 1 N–H and O–H groups in total. The maximum Gasteiger partial charge on any atom is 0.295 e. The van der Waals surface area contributed by atoms with Crippen LogP contribution in [0.15, 0.2) is 30.5 Å². The molecule has 94 valence electrons. The van der Waals surface area contributed by atoms with E-state index in [0.717, 1.165) is 5.69 Å². The van der Waals surface area contributed by atoms with Gasteiger partial charge in [-0.3, -0.25) is 10.1 Å². The first kappa shape index (κ1) is 12.3. The van der Waals surface area contributed by atoms with Gasteiger partial charge in [0.1, 0.15) is 5.52 Å².